The van der Waals surface area contributed by atoms with Crippen LogP contribution in [-0.2, 0) is 10.4 Å². The highest BCUT2D eigenvalue weighted by Crippen LogP contribution is 2.30. The minimum absolute atomic E-state index is 0.0732. The number of aliphatic hydroxyl groups is 1. The van der Waals surface area contributed by atoms with Crippen LogP contribution in [0.3, 0.4) is 0 Å². The molecule has 1 atom stereocenters. The number of fused-ring (bicyclic) bond motifs is 1. The third-order valence-corrected chi connectivity index (χ3v) is 5.11. The van der Waals surface area contributed by atoms with Crippen molar-refractivity contribution in [2.75, 3.05) is 32.8 Å². The predicted molar refractivity (Wildman–Crippen MR) is 106 cm³/mol. The zero-order valence-corrected chi connectivity index (χ0v) is 15.6. The largest absolute Gasteiger partial charge is 0.492 e. The van der Waals surface area contributed by atoms with E-state index in [9.17, 15) is 9.90 Å². The number of hydrogen-bond acceptors (Lipinski definition) is 5. The molecule has 0 spiro atoms. The number of carbonyl (C=O) groups excluding carboxylic acids is 1. The van der Waals surface area contributed by atoms with Gasteiger partial charge < -0.3 is 15.2 Å². The number of nitrogens with one attached hydrogen (secondary N) is 2. The van der Waals surface area contributed by atoms with E-state index in [4.69, 9.17) is 4.74 Å². The lowest BCUT2D eigenvalue weighted by Gasteiger charge is -2.21. The number of aromatic nitrogens is 2. The van der Waals surface area contributed by atoms with E-state index in [2.05, 4.69) is 21.6 Å². The summed E-state index contributed by atoms with van der Waals surface area (Å²) >= 11 is 0. The number of H-pyrrole nitrogens is 1. The third-order valence-electron chi connectivity index (χ3n) is 5.11. The van der Waals surface area contributed by atoms with E-state index in [0.717, 1.165) is 11.1 Å². The molecule has 1 saturated heterocycles. The summed E-state index contributed by atoms with van der Waals surface area (Å²) in [5.74, 6) is 0.716. The van der Waals surface area contributed by atoms with Crippen molar-refractivity contribution in [3.05, 3.63) is 60.4 Å². The van der Waals surface area contributed by atoms with Gasteiger partial charge in [0.05, 0.1) is 18.8 Å². The Kier molecular flexibility index (Phi) is 5.27. The molecule has 3 N–H and O–H groups in total. The van der Waals surface area contributed by atoms with Crippen LogP contribution in [-0.4, -0.2) is 58.9 Å². The van der Waals surface area contributed by atoms with Crippen LogP contribution in [0.15, 0.2) is 54.7 Å². The Hall–Kier alpha value is -2.90. The Labute approximate surface area is 163 Å². The third kappa shape index (κ3) is 4.16. The quantitative estimate of drug-likeness (QED) is 0.542. The van der Waals surface area contributed by atoms with Crippen molar-refractivity contribution in [2.45, 2.75) is 12.0 Å². The van der Waals surface area contributed by atoms with Crippen LogP contribution in [0.1, 0.15) is 12.1 Å². The molecule has 28 heavy (non-hydrogen) atoms. The average Bonchev–Trinajstić information content (AvgIpc) is 3.36. The van der Waals surface area contributed by atoms with Crippen molar-refractivity contribution in [2.24, 2.45) is 0 Å². The van der Waals surface area contributed by atoms with Crippen molar-refractivity contribution >= 4 is 16.7 Å². The molecule has 7 heteroatoms. The molecule has 146 valence electrons. The maximum atomic E-state index is 12.2. The summed E-state index contributed by atoms with van der Waals surface area (Å²) in [5, 5.41) is 22.6. The summed E-state index contributed by atoms with van der Waals surface area (Å²) in [6.45, 7) is 2.17. The SMILES string of the molecule is O=C(CN1CCC(O)(c2ccn[nH]2)C1)NCCOc1ccc2ccccc2c1. The standard InChI is InChI=1S/C21H24N4O3/c26-20(14-25-11-8-21(27,15-25)19-7-9-23-24-19)22-10-12-28-18-6-5-16-3-1-2-4-17(16)13-18/h1-7,9,13,27H,8,10-12,14-15H2,(H,22,26)(H,23,24). The van der Waals surface area contributed by atoms with Crippen LogP contribution in [0.4, 0.5) is 0 Å². The summed E-state index contributed by atoms with van der Waals surface area (Å²) in [7, 11) is 0. The van der Waals surface area contributed by atoms with Crippen molar-refractivity contribution < 1.29 is 14.6 Å². The van der Waals surface area contributed by atoms with Gasteiger partial charge in [0, 0.05) is 19.3 Å². The van der Waals surface area contributed by atoms with Crippen LogP contribution in [0.5, 0.6) is 5.75 Å². The molecule has 1 aromatic heterocycles. The Balaban J connectivity index is 1.20. The maximum Gasteiger partial charge on any atom is 0.234 e. The first-order valence-electron chi connectivity index (χ1n) is 9.45. The zero-order chi connectivity index (χ0) is 19.4. The van der Waals surface area contributed by atoms with Gasteiger partial charge in [0.15, 0.2) is 0 Å². The number of aromatic amines is 1. The molecule has 7 nitrogen and oxygen atoms in total. The lowest BCUT2D eigenvalue weighted by atomic mass is 9.99. The van der Waals surface area contributed by atoms with Gasteiger partial charge in [-0.05, 0) is 35.4 Å². The zero-order valence-electron chi connectivity index (χ0n) is 15.6. The second-order valence-corrected chi connectivity index (χ2v) is 7.17. The van der Waals surface area contributed by atoms with E-state index < -0.39 is 5.60 Å². The molecule has 1 unspecified atom stereocenters. The molecule has 3 aromatic rings. The molecule has 0 saturated carbocycles. The molecule has 0 aliphatic carbocycles. The van der Waals surface area contributed by atoms with Crippen LogP contribution in [0.25, 0.3) is 10.8 Å². The number of carbonyl (C=O) groups is 1. The highest BCUT2D eigenvalue weighted by Gasteiger charge is 2.39. The summed E-state index contributed by atoms with van der Waals surface area (Å²) in [6, 6.07) is 15.8. The molecule has 1 amide bonds. The lowest BCUT2D eigenvalue weighted by molar-refractivity contribution is -0.122. The second-order valence-electron chi connectivity index (χ2n) is 7.17. The van der Waals surface area contributed by atoms with Gasteiger partial charge in [0.2, 0.25) is 5.91 Å². The molecule has 1 aliphatic heterocycles. The average molecular weight is 380 g/mol. The topological polar surface area (TPSA) is 90.5 Å². The van der Waals surface area contributed by atoms with Gasteiger partial charge in [-0.2, -0.15) is 5.10 Å². The summed E-state index contributed by atoms with van der Waals surface area (Å²) < 4.78 is 5.74. The van der Waals surface area contributed by atoms with E-state index in [1.807, 2.05) is 41.3 Å². The van der Waals surface area contributed by atoms with Gasteiger partial charge in [-0.15, -0.1) is 0 Å². The van der Waals surface area contributed by atoms with E-state index in [1.165, 1.54) is 5.39 Å². The first-order chi connectivity index (χ1) is 13.6. The minimum Gasteiger partial charge on any atom is -0.492 e. The molecule has 0 radical (unpaired) electrons. The van der Waals surface area contributed by atoms with Gasteiger partial charge in [-0.1, -0.05) is 30.3 Å². The Morgan fingerprint density at radius 1 is 1.25 bits per heavy atom. The molecule has 1 aliphatic rings. The molecule has 1 fully saturated rings. The summed E-state index contributed by atoms with van der Waals surface area (Å²) in [5.41, 5.74) is -0.269. The van der Waals surface area contributed by atoms with Crippen LogP contribution in [0.2, 0.25) is 0 Å². The minimum atomic E-state index is -0.962. The number of nitrogens with zero attached hydrogens (tertiary/aromatic N) is 2. The van der Waals surface area contributed by atoms with E-state index in [-0.39, 0.29) is 12.5 Å². The molecular formula is C21H24N4O3. The Bertz CT molecular complexity index is 944. The molecular weight excluding hydrogens is 356 g/mol. The molecule has 0 bridgehead atoms. The first kappa shape index (κ1) is 18.5. The number of rotatable bonds is 7. The van der Waals surface area contributed by atoms with Crippen LogP contribution >= 0.6 is 0 Å². The fourth-order valence-electron chi connectivity index (χ4n) is 3.62. The highest BCUT2D eigenvalue weighted by atomic mass is 16.5. The number of ether oxygens (including phenoxy) is 1. The lowest BCUT2D eigenvalue weighted by Crippen LogP contribution is -2.39. The van der Waals surface area contributed by atoms with Crippen LogP contribution < -0.4 is 10.1 Å². The number of amides is 1. The Morgan fingerprint density at radius 3 is 2.93 bits per heavy atom. The fourth-order valence-corrected chi connectivity index (χ4v) is 3.62. The molecule has 2 heterocycles. The summed E-state index contributed by atoms with van der Waals surface area (Å²) in [6.07, 6.45) is 2.20. The van der Waals surface area contributed by atoms with Gasteiger partial charge in [0.25, 0.3) is 0 Å². The van der Waals surface area contributed by atoms with Gasteiger partial charge in [0.1, 0.15) is 18.0 Å². The van der Waals surface area contributed by atoms with Crippen molar-refractivity contribution in [3.8, 4) is 5.75 Å². The van der Waals surface area contributed by atoms with Crippen molar-refractivity contribution in [3.63, 3.8) is 0 Å². The van der Waals surface area contributed by atoms with Gasteiger partial charge >= 0.3 is 0 Å². The number of β-amino-alcohol motifs (C(OH)–C–C–N with tert-alkyl or cyclic N) is 1. The highest BCUT2D eigenvalue weighted by molar-refractivity contribution is 5.83. The summed E-state index contributed by atoms with van der Waals surface area (Å²) in [4.78, 5) is 14.1. The predicted octanol–water partition coefficient (Wildman–Crippen LogP) is 1.65. The van der Waals surface area contributed by atoms with E-state index in [0.29, 0.717) is 38.4 Å². The number of benzene rings is 2. The van der Waals surface area contributed by atoms with Crippen LogP contribution in [0, 0.1) is 0 Å². The normalized spacial score (nSPS) is 19.8. The fraction of sp³-hybridized carbons (Fsp3) is 0.333. The number of hydrogen-bond donors (Lipinski definition) is 3. The van der Waals surface area contributed by atoms with E-state index >= 15 is 0 Å². The molecule has 4 rings (SSSR count). The smallest absolute Gasteiger partial charge is 0.234 e. The van der Waals surface area contributed by atoms with Crippen molar-refractivity contribution in [1.29, 1.82) is 0 Å². The second kappa shape index (κ2) is 8.00. The van der Waals surface area contributed by atoms with Gasteiger partial charge in [-0.25, -0.2) is 0 Å². The van der Waals surface area contributed by atoms with Crippen molar-refractivity contribution in [1.82, 2.24) is 20.4 Å². The van der Waals surface area contributed by atoms with E-state index in [1.54, 1.807) is 12.3 Å². The maximum absolute atomic E-state index is 12.2. The molecule has 2 aromatic carbocycles. The number of likely N-dealkylation sites (tertiary alicyclic amines) is 1. The monoisotopic (exact) mass is 380 g/mol. The Morgan fingerprint density at radius 2 is 2.11 bits per heavy atom. The van der Waals surface area contributed by atoms with Gasteiger partial charge in [-0.3, -0.25) is 14.8 Å². The first-order valence-corrected chi connectivity index (χ1v) is 9.45.